The maximum atomic E-state index is 9.44. The molecule has 0 aliphatic heterocycles. The minimum absolute atomic E-state index is 0. The van der Waals surface area contributed by atoms with E-state index in [1.54, 1.807) is 0 Å². The molecule has 0 aromatic carbocycles. The predicted octanol–water partition coefficient (Wildman–Crippen LogP) is 0.872. The number of hydrogen-bond donors (Lipinski definition) is 1. The van der Waals surface area contributed by atoms with E-state index in [2.05, 4.69) is 0 Å². The molecule has 0 spiro atoms. The van der Waals surface area contributed by atoms with E-state index < -0.39 is 10.8 Å². The molecule has 2 nitrogen and oxygen atoms in total. The summed E-state index contributed by atoms with van der Waals surface area (Å²) in [5.41, 5.74) is 0. The maximum Gasteiger partial charge on any atom is 0.337 e. The van der Waals surface area contributed by atoms with Gasteiger partial charge in [-0.25, -0.2) is 4.79 Å². The van der Waals surface area contributed by atoms with Crippen molar-refractivity contribution in [2.45, 2.75) is 4.84 Å². The van der Waals surface area contributed by atoms with E-state index in [9.17, 15) is 4.79 Å². The van der Waals surface area contributed by atoms with Crippen molar-refractivity contribution < 1.29 is 32.3 Å². The molecule has 41 valence electrons. The fourth-order valence-electron chi connectivity index (χ4n) is 0. The van der Waals surface area contributed by atoms with Crippen LogP contribution in [0.25, 0.3) is 0 Å². The summed E-state index contributed by atoms with van der Waals surface area (Å²) in [6.07, 6.45) is 0. The molecule has 0 heterocycles. The summed E-state index contributed by atoms with van der Waals surface area (Å²) >= 11 is 9.56. The van der Waals surface area contributed by atoms with Gasteiger partial charge in [0, 0.05) is 22.4 Å². The molecule has 1 N–H and O–H groups in total. The Balaban J connectivity index is 0. The van der Waals surface area contributed by atoms with Gasteiger partial charge in [0.15, 0.2) is 0 Å². The zero-order chi connectivity index (χ0) is 5.15. The first-order valence-corrected chi connectivity index (χ1v) is 2.03. The summed E-state index contributed by atoms with van der Waals surface area (Å²) < 4.78 is 0. The largest absolute Gasteiger partial charge is 0.479 e. The third-order valence-electron chi connectivity index (χ3n) is 0.187. The number of carboxylic acids is 1. The molecular formula is C2H2Cl2NbO2. The van der Waals surface area contributed by atoms with Crippen LogP contribution >= 0.6 is 23.2 Å². The van der Waals surface area contributed by atoms with Crippen LogP contribution in [0.5, 0.6) is 0 Å². The summed E-state index contributed by atoms with van der Waals surface area (Å²) in [4.78, 5) is 8.15. The minimum atomic E-state index is -1.29. The molecule has 0 unspecified atom stereocenters. The second kappa shape index (κ2) is 4.94. The number of hydrogen-bond acceptors (Lipinski definition) is 1. The van der Waals surface area contributed by atoms with Crippen molar-refractivity contribution >= 4 is 29.2 Å². The third kappa shape index (κ3) is 6.79. The normalized spacial score (nSPS) is 7.86. The van der Waals surface area contributed by atoms with Crippen molar-refractivity contribution in [2.75, 3.05) is 0 Å². The van der Waals surface area contributed by atoms with Crippen LogP contribution in [0, 0.1) is 0 Å². The van der Waals surface area contributed by atoms with E-state index >= 15 is 0 Å². The number of alkyl halides is 2. The topological polar surface area (TPSA) is 37.3 Å². The molecule has 1 radical (unpaired) electrons. The first-order chi connectivity index (χ1) is 2.64. The van der Waals surface area contributed by atoms with Gasteiger partial charge in [0.25, 0.3) is 0 Å². The second-order valence-corrected chi connectivity index (χ2v) is 1.74. The Morgan fingerprint density at radius 1 is 1.57 bits per heavy atom. The predicted molar refractivity (Wildman–Crippen MR) is 23.1 cm³/mol. The summed E-state index contributed by atoms with van der Waals surface area (Å²) in [5.74, 6) is -1.21. The molecule has 0 aliphatic carbocycles. The van der Waals surface area contributed by atoms with Gasteiger partial charge in [-0.3, -0.25) is 0 Å². The van der Waals surface area contributed by atoms with Crippen LogP contribution in [0.4, 0.5) is 0 Å². The number of carbonyl (C=O) groups is 1. The molecule has 0 aromatic heterocycles. The standard InChI is InChI=1S/C2H2Cl2O2.Nb/c3-1(4)2(5)6;/h1H,(H,5,6);. The zero-order valence-electron chi connectivity index (χ0n) is 3.14. The van der Waals surface area contributed by atoms with Gasteiger partial charge in [-0.1, -0.05) is 23.2 Å². The Hall–Kier alpha value is 0.790. The van der Waals surface area contributed by atoms with Gasteiger partial charge in [-0.2, -0.15) is 0 Å². The van der Waals surface area contributed by atoms with Gasteiger partial charge in [0.05, 0.1) is 0 Å². The van der Waals surface area contributed by atoms with E-state index in [4.69, 9.17) is 28.3 Å². The summed E-state index contributed by atoms with van der Waals surface area (Å²) in [6, 6.07) is 0. The molecule has 0 aromatic rings. The molecule has 0 fully saturated rings. The SMILES string of the molecule is O=C(O)C(Cl)Cl.[Nb]. The van der Waals surface area contributed by atoms with Crippen LogP contribution < -0.4 is 0 Å². The molecule has 0 saturated carbocycles. The Morgan fingerprint density at radius 3 is 1.71 bits per heavy atom. The molecule has 0 rings (SSSR count). The molecule has 7 heavy (non-hydrogen) atoms. The summed E-state index contributed by atoms with van der Waals surface area (Å²) in [5, 5.41) is 7.73. The number of carboxylic acid groups (broad SMARTS) is 1. The molecule has 0 atom stereocenters. The summed E-state index contributed by atoms with van der Waals surface area (Å²) in [6.45, 7) is 0. The van der Waals surface area contributed by atoms with Crippen LogP contribution in [0.15, 0.2) is 0 Å². The Bertz CT molecular complexity index is 64.7. The van der Waals surface area contributed by atoms with Crippen LogP contribution in [0.2, 0.25) is 0 Å². The first-order valence-electron chi connectivity index (χ1n) is 1.15. The maximum absolute atomic E-state index is 9.44. The van der Waals surface area contributed by atoms with Gasteiger partial charge in [0.1, 0.15) is 0 Å². The number of aliphatic carboxylic acids is 1. The molecule has 0 saturated heterocycles. The number of rotatable bonds is 1. The van der Waals surface area contributed by atoms with E-state index in [1.807, 2.05) is 0 Å². The fraction of sp³-hybridized carbons (Fsp3) is 0.500. The van der Waals surface area contributed by atoms with Crippen molar-refractivity contribution in [2.24, 2.45) is 0 Å². The van der Waals surface area contributed by atoms with Crippen molar-refractivity contribution in [1.29, 1.82) is 0 Å². The monoisotopic (exact) mass is 221 g/mol. The van der Waals surface area contributed by atoms with Gasteiger partial charge < -0.3 is 5.11 Å². The van der Waals surface area contributed by atoms with Crippen LogP contribution in [0.3, 0.4) is 0 Å². The molecule has 0 amide bonds. The van der Waals surface area contributed by atoms with Crippen LogP contribution in [0.1, 0.15) is 0 Å². The van der Waals surface area contributed by atoms with Crippen LogP contribution in [-0.2, 0) is 27.2 Å². The van der Waals surface area contributed by atoms with Crippen molar-refractivity contribution in [3.63, 3.8) is 0 Å². The first kappa shape index (κ1) is 10.7. The molecule has 0 aliphatic rings. The van der Waals surface area contributed by atoms with Crippen LogP contribution in [-0.4, -0.2) is 15.9 Å². The molecular weight excluding hydrogens is 220 g/mol. The third-order valence-corrected chi connectivity index (χ3v) is 0.560. The van der Waals surface area contributed by atoms with Gasteiger partial charge >= 0.3 is 5.97 Å². The van der Waals surface area contributed by atoms with E-state index in [1.165, 1.54) is 0 Å². The van der Waals surface area contributed by atoms with Gasteiger partial charge in [0.2, 0.25) is 4.84 Å². The Kier molecular flexibility index (Phi) is 7.56. The van der Waals surface area contributed by atoms with Crippen molar-refractivity contribution in [3.05, 3.63) is 0 Å². The average molecular weight is 222 g/mol. The fourth-order valence-corrected chi connectivity index (χ4v) is 0. The Morgan fingerprint density at radius 2 is 1.71 bits per heavy atom. The van der Waals surface area contributed by atoms with E-state index in [-0.39, 0.29) is 22.4 Å². The number of halogens is 2. The van der Waals surface area contributed by atoms with E-state index in [0.29, 0.717) is 0 Å². The van der Waals surface area contributed by atoms with Crippen molar-refractivity contribution in [3.8, 4) is 0 Å². The molecule has 5 heteroatoms. The van der Waals surface area contributed by atoms with E-state index in [0.717, 1.165) is 0 Å². The Labute approximate surface area is 66.3 Å². The average Bonchev–Trinajstić information content (AvgIpc) is 1.36. The summed E-state index contributed by atoms with van der Waals surface area (Å²) in [7, 11) is 0. The second-order valence-electron chi connectivity index (χ2n) is 0.639. The minimum Gasteiger partial charge on any atom is -0.479 e. The quantitative estimate of drug-likeness (QED) is 0.527. The zero-order valence-corrected chi connectivity index (χ0v) is 6.85. The smallest absolute Gasteiger partial charge is 0.337 e. The van der Waals surface area contributed by atoms with Crippen molar-refractivity contribution in [1.82, 2.24) is 0 Å². The van der Waals surface area contributed by atoms with Gasteiger partial charge in [-0.05, 0) is 0 Å². The molecule has 0 bridgehead atoms. The van der Waals surface area contributed by atoms with Gasteiger partial charge in [-0.15, -0.1) is 0 Å².